The Hall–Kier alpha value is -1.35. The van der Waals surface area contributed by atoms with E-state index in [1.165, 1.54) is 0 Å². The third-order valence-corrected chi connectivity index (χ3v) is 5.33. The third kappa shape index (κ3) is 4.93. The van der Waals surface area contributed by atoms with E-state index in [4.69, 9.17) is 20.4 Å². The minimum atomic E-state index is -5.46. The van der Waals surface area contributed by atoms with Gasteiger partial charge in [-0.05, 0) is 0 Å². The first-order valence-corrected chi connectivity index (χ1v) is 9.66. The van der Waals surface area contributed by atoms with E-state index in [1.807, 2.05) is 0 Å². The second kappa shape index (κ2) is 7.24. The minimum Gasteiger partial charge on any atom is -0.384 e. The summed E-state index contributed by atoms with van der Waals surface area (Å²) in [4.78, 5) is 40.6. The lowest BCUT2D eigenvalue weighted by atomic mass is 10.1. The normalized spacial score (nSPS) is 27.4. The van der Waals surface area contributed by atoms with Gasteiger partial charge in [-0.25, -0.2) is 18.3 Å². The van der Waals surface area contributed by atoms with Gasteiger partial charge in [-0.15, -0.1) is 0 Å². The van der Waals surface area contributed by atoms with E-state index in [2.05, 4.69) is 18.6 Å². The van der Waals surface area contributed by atoms with Gasteiger partial charge in [-0.3, -0.25) is 9.09 Å². The Morgan fingerprint density at radius 2 is 1.96 bits per heavy atom. The molecule has 0 amide bonds. The summed E-state index contributed by atoms with van der Waals surface area (Å²) in [5.41, 5.74) is 3.58. The summed E-state index contributed by atoms with van der Waals surface area (Å²) in [5, 5.41) is 9.62. The number of aliphatic hydroxyl groups excluding tert-OH is 1. The van der Waals surface area contributed by atoms with Crippen LogP contribution in [0.2, 0.25) is 0 Å². The molecule has 0 aromatic carbocycles. The summed E-state index contributed by atoms with van der Waals surface area (Å²) in [6, 6.07) is 0. The Balaban J connectivity index is 2.22. The van der Waals surface area contributed by atoms with Crippen LogP contribution in [0.5, 0.6) is 0 Å². The molecule has 0 bridgehead atoms. The Bertz CT molecular complexity index is 875. The lowest BCUT2D eigenvalue weighted by molar-refractivity contribution is -0.141. The predicted octanol–water partition coefficient (Wildman–Crippen LogP) is -0.915. The highest BCUT2D eigenvalue weighted by Gasteiger charge is 2.60. The van der Waals surface area contributed by atoms with Crippen molar-refractivity contribution in [2.24, 2.45) is 0 Å². The standard InChI is InChI=1S/C9H12F3N3O10P2/c10-3-1-15(8(17)14-6(3)13)7-9(11,12)5(16)4(24-7)2-23-27(21,22)25-26(18,19)20/h1,4-5,7,16H,2H2,(H,21,22)(H2,13,14,17)(H2,18,19,20)/t4-,5-,7-/m1/s1. The minimum absolute atomic E-state index is 0.000403. The largest absolute Gasteiger partial charge is 0.481 e. The van der Waals surface area contributed by atoms with Gasteiger partial charge in [-0.2, -0.15) is 18.1 Å². The molecule has 1 aliphatic heterocycles. The lowest BCUT2D eigenvalue weighted by Gasteiger charge is -2.21. The number of nitrogens with two attached hydrogens (primary N) is 1. The highest BCUT2D eigenvalue weighted by molar-refractivity contribution is 7.60. The summed E-state index contributed by atoms with van der Waals surface area (Å²) in [7, 11) is -10.9. The molecule has 2 rings (SSSR count). The first kappa shape index (κ1) is 21.9. The van der Waals surface area contributed by atoms with Crippen LogP contribution in [0.25, 0.3) is 0 Å². The van der Waals surface area contributed by atoms with Gasteiger partial charge in [0.15, 0.2) is 17.7 Å². The fourth-order valence-corrected chi connectivity index (χ4v) is 3.66. The molecule has 2 heterocycles. The summed E-state index contributed by atoms with van der Waals surface area (Å²) in [6.45, 7) is -1.30. The molecule has 1 fully saturated rings. The number of phosphoric acid groups is 2. The summed E-state index contributed by atoms with van der Waals surface area (Å²) in [5.74, 6) is -6.42. The fourth-order valence-electron chi connectivity index (χ4n) is 2.06. The van der Waals surface area contributed by atoms with E-state index in [0.717, 1.165) is 0 Å². The monoisotopic (exact) mass is 441 g/mol. The second-order valence-corrected chi connectivity index (χ2v) is 7.98. The van der Waals surface area contributed by atoms with Gasteiger partial charge in [0.1, 0.15) is 6.10 Å². The quantitative estimate of drug-likeness (QED) is 0.340. The van der Waals surface area contributed by atoms with E-state index in [1.54, 1.807) is 0 Å². The third-order valence-electron chi connectivity index (χ3n) is 3.18. The number of aromatic nitrogens is 2. The maximum absolute atomic E-state index is 14.2. The van der Waals surface area contributed by atoms with Crippen molar-refractivity contribution in [1.29, 1.82) is 0 Å². The number of hydrogen-bond acceptors (Lipinski definition) is 9. The zero-order chi connectivity index (χ0) is 20.8. The van der Waals surface area contributed by atoms with Crippen LogP contribution in [0.1, 0.15) is 6.23 Å². The van der Waals surface area contributed by atoms with Crippen LogP contribution in [-0.2, 0) is 22.7 Å². The van der Waals surface area contributed by atoms with E-state index >= 15 is 0 Å². The topological polar surface area (TPSA) is 204 Å². The molecule has 1 saturated heterocycles. The van der Waals surface area contributed by atoms with Crippen LogP contribution in [-0.4, -0.2) is 54.1 Å². The number of phosphoric ester groups is 1. The smallest absolute Gasteiger partial charge is 0.384 e. The van der Waals surface area contributed by atoms with Crippen LogP contribution < -0.4 is 11.4 Å². The average Bonchev–Trinajstić information content (AvgIpc) is 2.70. The first-order valence-electron chi connectivity index (χ1n) is 6.64. The number of halogens is 3. The van der Waals surface area contributed by atoms with Crippen molar-refractivity contribution in [3.8, 4) is 0 Å². The molecule has 1 aromatic rings. The molecule has 18 heteroatoms. The Morgan fingerprint density at radius 3 is 2.52 bits per heavy atom. The van der Waals surface area contributed by atoms with Gasteiger partial charge < -0.3 is 30.3 Å². The molecule has 1 aliphatic rings. The lowest BCUT2D eigenvalue weighted by Crippen LogP contribution is -2.42. The Morgan fingerprint density at radius 1 is 1.37 bits per heavy atom. The van der Waals surface area contributed by atoms with E-state index in [0.29, 0.717) is 0 Å². The molecule has 4 atom stereocenters. The highest BCUT2D eigenvalue weighted by atomic mass is 31.3. The van der Waals surface area contributed by atoms with Crippen LogP contribution >= 0.6 is 15.6 Å². The Kier molecular flexibility index (Phi) is 5.88. The van der Waals surface area contributed by atoms with Gasteiger partial charge >= 0.3 is 27.3 Å². The number of nitrogen functional groups attached to an aromatic ring is 1. The molecule has 1 aromatic heterocycles. The molecule has 13 nitrogen and oxygen atoms in total. The molecular formula is C9H12F3N3O10P2. The molecule has 1 unspecified atom stereocenters. The number of nitrogens with zero attached hydrogens (tertiary/aromatic N) is 2. The van der Waals surface area contributed by atoms with Gasteiger partial charge in [0, 0.05) is 0 Å². The molecule has 0 spiro atoms. The second-order valence-electron chi connectivity index (χ2n) is 5.15. The number of aliphatic hydroxyl groups is 1. The zero-order valence-corrected chi connectivity index (χ0v) is 14.5. The van der Waals surface area contributed by atoms with Crippen LogP contribution in [0.3, 0.4) is 0 Å². The van der Waals surface area contributed by atoms with Gasteiger partial charge in [-0.1, -0.05) is 0 Å². The molecular weight excluding hydrogens is 429 g/mol. The number of ether oxygens (including phenoxy) is 1. The van der Waals surface area contributed by atoms with Crippen molar-refractivity contribution < 1.29 is 55.7 Å². The summed E-state index contributed by atoms with van der Waals surface area (Å²) < 4.78 is 75.8. The highest BCUT2D eigenvalue weighted by Crippen LogP contribution is 2.58. The van der Waals surface area contributed by atoms with Crippen LogP contribution in [0.4, 0.5) is 19.0 Å². The number of hydrogen-bond donors (Lipinski definition) is 5. The van der Waals surface area contributed by atoms with Crippen molar-refractivity contribution in [2.45, 2.75) is 24.4 Å². The van der Waals surface area contributed by atoms with Gasteiger partial charge in [0.05, 0.1) is 12.8 Å². The summed E-state index contributed by atoms with van der Waals surface area (Å²) in [6.07, 6.45) is -7.12. The van der Waals surface area contributed by atoms with Crippen LogP contribution in [0.15, 0.2) is 11.0 Å². The number of anilines is 1. The van der Waals surface area contributed by atoms with E-state index < -0.39 is 63.9 Å². The Labute approximate surface area is 147 Å². The fraction of sp³-hybridized carbons (Fsp3) is 0.556. The molecule has 0 aliphatic carbocycles. The number of alkyl halides is 2. The van der Waals surface area contributed by atoms with Crippen molar-refractivity contribution >= 4 is 21.5 Å². The average molecular weight is 441 g/mol. The molecule has 0 radical (unpaired) electrons. The molecule has 6 N–H and O–H groups in total. The van der Waals surface area contributed by atoms with Gasteiger partial charge in [0.25, 0.3) is 0 Å². The van der Waals surface area contributed by atoms with Gasteiger partial charge in [0.2, 0.25) is 6.23 Å². The van der Waals surface area contributed by atoms with Crippen molar-refractivity contribution in [3.05, 3.63) is 22.5 Å². The molecule has 27 heavy (non-hydrogen) atoms. The van der Waals surface area contributed by atoms with E-state index in [-0.39, 0.29) is 10.8 Å². The zero-order valence-electron chi connectivity index (χ0n) is 12.8. The van der Waals surface area contributed by atoms with Crippen molar-refractivity contribution in [2.75, 3.05) is 12.3 Å². The van der Waals surface area contributed by atoms with Crippen LogP contribution in [0, 0.1) is 5.82 Å². The van der Waals surface area contributed by atoms with E-state index in [9.17, 15) is 32.2 Å². The summed E-state index contributed by atoms with van der Waals surface area (Å²) >= 11 is 0. The molecule has 0 saturated carbocycles. The number of rotatable bonds is 6. The predicted molar refractivity (Wildman–Crippen MR) is 76.6 cm³/mol. The SMILES string of the molecule is Nc1nc(=O)n([C@@H]2O[C@H](COP(=O)(O)OP(=O)(O)O)[C@@H](O)C2(F)F)cc1F. The molecule has 154 valence electrons. The van der Waals surface area contributed by atoms with Crippen molar-refractivity contribution in [1.82, 2.24) is 9.55 Å². The first-order chi connectivity index (χ1) is 12.1. The maximum Gasteiger partial charge on any atom is 0.481 e. The maximum atomic E-state index is 14.2. The van der Waals surface area contributed by atoms with Crippen molar-refractivity contribution in [3.63, 3.8) is 0 Å².